The summed E-state index contributed by atoms with van der Waals surface area (Å²) in [5, 5.41) is 0. The average molecular weight is 344 g/mol. The second-order valence-corrected chi connectivity index (χ2v) is 8.08. The molecule has 1 amide bonds. The van der Waals surface area contributed by atoms with Crippen LogP contribution in [0.3, 0.4) is 0 Å². The second kappa shape index (κ2) is 7.88. The van der Waals surface area contributed by atoms with Crippen molar-refractivity contribution in [2.24, 2.45) is 11.8 Å². The van der Waals surface area contributed by atoms with Crippen LogP contribution >= 0.6 is 0 Å². The van der Waals surface area contributed by atoms with Crippen molar-refractivity contribution >= 4 is 5.91 Å². The first-order chi connectivity index (χ1) is 12.0. The van der Waals surface area contributed by atoms with Gasteiger partial charge in [0.05, 0.1) is 6.10 Å². The number of hydrogen-bond donors (Lipinski definition) is 0. The number of benzene rings is 1. The van der Waals surface area contributed by atoms with Gasteiger partial charge in [0.15, 0.2) is 0 Å². The summed E-state index contributed by atoms with van der Waals surface area (Å²) in [6, 6.07) is 8.98. The summed E-state index contributed by atoms with van der Waals surface area (Å²) in [5.41, 5.74) is 2.52. The van der Waals surface area contributed by atoms with E-state index in [0.29, 0.717) is 36.3 Å². The molecule has 1 aromatic carbocycles. The topological polar surface area (TPSA) is 32.8 Å². The van der Waals surface area contributed by atoms with Crippen LogP contribution in [0.15, 0.2) is 24.3 Å². The lowest BCUT2D eigenvalue weighted by atomic mass is 9.77. The Morgan fingerprint density at radius 3 is 2.40 bits per heavy atom. The quantitative estimate of drug-likeness (QED) is 0.823. The zero-order valence-corrected chi connectivity index (χ0v) is 16.1. The molecule has 0 radical (unpaired) electrons. The number of likely N-dealkylation sites (N-methyl/N-ethyl adjacent to an activating group) is 1. The van der Waals surface area contributed by atoms with Crippen molar-refractivity contribution in [3.63, 3.8) is 0 Å². The maximum atomic E-state index is 12.7. The summed E-state index contributed by atoms with van der Waals surface area (Å²) in [6.07, 6.45) is 3.96. The summed E-state index contributed by atoms with van der Waals surface area (Å²) in [7, 11) is 6.09. The van der Waals surface area contributed by atoms with E-state index in [2.05, 4.69) is 55.1 Å². The Kier molecular flexibility index (Phi) is 5.80. The van der Waals surface area contributed by atoms with Crippen molar-refractivity contribution in [2.45, 2.75) is 44.8 Å². The van der Waals surface area contributed by atoms with E-state index >= 15 is 0 Å². The Morgan fingerprint density at radius 2 is 1.80 bits per heavy atom. The predicted octanol–water partition coefficient (Wildman–Crippen LogP) is 2.74. The van der Waals surface area contributed by atoms with Crippen molar-refractivity contribution in [3.8, 4) is 0 Å². The summed E-state index contributed by atoms with van der Waals surface area (Å²) in [5.74, 6) is 1.54. The van der Waals surface area contributed by atoms with E-state index in [1.165, 1.54) is 11.1 Å². The SMILES string of the molecule is CO[C@@H]1C[C@H]2CN(C(=O)CCc3ccc(C)cc3)C[C@H]2C[C@H]1N(C)C. The van der Waals surface area contributed by atoms with Crippen molar-refractivity contribution in [1.29, 1.82) is 0 Å². The minimum absolute atomic E-state index is 0.291. The number of carbonyl (C=O) groups is 1. The monoisotopic (exact) mass is 344 g/mol. The molecule has 1 aromatic rings. The minimum Gasteiger partial charge on any atom is -0.380 e. The van der Waals surface area contributed by atoms with Gasteiger partial charge in [0, 0.05) is 32.7 Å². The van der Waals surface area contributed by atoms with Crippen LogP contribution in [0.2, 0.25) is 0 Å². The zero-order valence-electron chi connectivity index (χ0n) is 16.1. The van der Waals surface area contributed by atoms with E-state index in [1.807, 2.05) is 7.11 Å². The highest BCUT2D eigenvalue weighted by molar-refractivity contribution is 5.76. The van der Waals surface area contributed by atoms with Crippen LogP contribution in [0.1, 0.15) is 30.4 Å². The van der Waals surface area contributed by atoms with Gasteiger partial charge >= 0.3 is 0 Å². The summed E-state index contributed by atoms with van der Waals surface area (Å²) in [6.45, 7) is 3.94. The van der Waals surface area contributed by atoms with E-state index in [4.69, 9.17) is 4.74 Å². The lowest BCUT2D eigenvalue weighted by molar-refractivity contribution is -0.130. The van der Waals surface area contributed by atoms with Gasteiger partial charge in [-0.1, -0.05) is 29.8 Å². The molecule has 1 aliphatic carbocycles. The molecule has 0 unspecified atom stereocenters. The Balaban J connectivity index is 1.55. The summed E-state index contributed by atoms with van der Waals surface area (Å²) < 4.78 is 5.74. The molecule has 0 spiro atoms. The van der Waals surface area contributed by atoms with Gasteiger partial charge in [-0.2, -0.15) is 0 Å². The van der Waals surface area contributed by atoms with Gasteiger partial charge in [-0.3, -0.25) is 4.79 Å². The number of fused-ring (bicyclic) bond motifs is 1. The van der Waals surface area contributed by atoms with E-state index in [9.17, 15) is 4.79 Å². The molecule has 3 rings (SSSR count). The molecular weight excluding hydrogens is 312 g/mol. The molecule has 0 bridgehead atoms. The molecule has 1 aliphatic heterocycles. The second-order valence-electron chi connectivity index (χ2n) is 8.08. The highest BCUT2D eigenvalue weighted by atomic mass is 16.5. The van der Waals surface area contributed by atoms with Gasteiger partial charge in [-0.15, -0.1) is 0 Å². The first kappa shape index (κ1) is 18.4. The standard InChI is InChI=1S/C21H32N2O2/c1-15-5-7-16(8-6-15)9-10-21(24)23-13-17-11-19(22(2)3)20(25-4)12-18(17)14-23/h5-8,17-20H,9-14H2,1-4H3/t17-,18+,19-,20-/m1/s1. The van der Waals surface area contributed by atoms with E-state index < -0.39 is 0 Å². The number of methoxy groups -OCH3 is 1. The van der Waals surface area contributed by atoms with E-state index in [1.54, 1.807) is 0 Å². The maximum absolute atomic E-state index is 12.7. The number of ether oxygens (including phenoxy) is 1. The predicted molar refractivity (Wildman–Crippen MR) is 101 cm³/mol. The number of nitrogens with zero attached hydrogens (tertiary/aromatic N) is 2. The van der Waals surface area contributed by atoms with Gasteiger partial charge in [-0.05, 0) is 57.7 Å². The van der Waals surface area contributed by atoms with Crippen LogP contribution in [0.25, 0.3) is 0 Å². The molecule has 0 aromatic heterocycles. The molecule has 138 valence electrons. The van der Waals surface area contributed by atoms with Crippen LogP contribution in [0.4, 0.5) is 0 Å². The van der Waals surface area contributed by atoms with Gasteiger partial charge < -0.3 is 14.5 Å². The van der Waals surface area contributed by atoms with Gasteiger partial charge in [-0.25, -0.2) is 0 Å². The third-order valence-electron chi connectivity index (χ3n) is 6.15. The summed E-state index contributed by atoms with van der Waals surface area (Å²) in [4.78, 5) is 17.1. The number of amides is 1. The first-order valence-electron chi connectivity index (χ1n) is 9.50. The van der Waals surface area contributed by atoms with Gasteiger partial charge in [0.2, 0.25) is 5.91 Å². The third kappa shape index (κ3) is 4.24. The molecule has 1 saturated carbocycles. The maximum Gasteiger partial charge on any atom is 0.222 e. The molecule has 2 aliphatic rings. The Bertz CT molecular complexity index is 584. The first-order valence-corrected chi connectivity index (χ1v) is 9.50. The largest absolute Gasteiger partial charge is 0.380 e. The fourth-order valence-electron chi connectivity index (χ4n) is 4.55. The number of rotatable bonds is 5. The van der Waals surface area contributed by atoms with Crippen LogP contribution < -0.4 is 0 Å². The number of hydrogen-bond acceptors (Lipinski definition) is 3. The molecular formula is C21H32N2O2. The zero-order chi connectivity index (χ0) is 18.0. The summed E-state index contributed by atoms with van der Waals surface area (Å²) >= 11 is 0. The molecule has 4 nitrogen and oxygen atoms in total. The highest BCUT2D eigenvalue weighted by Crippen LogP contribution is 2.39. The Morgan fingerprint density at radius 1 is 1.16 bits per heavy atom. The molecule has 2 fully saturated rings. The van der Waals surface area contributed by atoms with Crippen molar-refractivity contribution < 1.29 is 9.53 Å². The van der Waals surface area contributed by atoms with Gasteiger partial charge in [0.1, 0.15) is 0 Å². The molecule has 4 atom stereocenters. The fraction of sp³-hybridized carbons (Fsp3) is 0.667. The minimum atomic E-state index is 0.291. The van der Waals surface area contributed by atoms with Crippen molar-refractivity contribution in [2.75, 3.05) is 34.3 Å². The van der Waals surface area contributed by atoms with E-state index in [-0.39, 0.29) is 0 Å². The fourth-order valence-corrected chi connectivity index (χ4v) is 4.55. The van der Waals surface area contributed by atoms with Crippen LogP contribution in [-0.4, -0.2) is 62.1 Å². The van der Waals surface area contributed by atoms with Crippen LogP contribution in [0.5, 0.6) is 0 Å². The van der Waals surface area contributed by atoms with Crippen molar-refractivity contribution in [1.82, 2.24) is 9.80 Å². The van der Waals surface area contributed by atoms with Crippen molar-refractivity contribution in [3.05, 3.63) is 35.4 Å². The van der Waals surface area contributed by atoms with Crippen LogP contribution in [0, 0.1) is 18.8 Å². The Hall–Kier alpha value is -1.39. The lowest BCUT2D eigenvalue weighted by Crippen LogP contribution is -2.47. The number of carbonyl (C=O) groups excluding carboxylic acids is 1. The van der Waals surface area contributed by atoms with E-state index in [0.717, 1.165) is 32.4 Å². The molecule has 4 heteroatoms. The molecule has 1 saturated heterocycles. The third-order valence-corrected chi connectivity index (χ3v) is 6.15. The molecule has 0 N–H and O–H groups in total. The Labute approximate surface area is 152 Å². The lowest BCUT2D eigenvalue weighted by Gasteiger charge is -2.40. The van der Waals surface area contributed by atoms with Crippen LogP contribution in [-0.2, 0) is 16.0 Å². The molecule has 25 heavy (non-hydrogen) atoms. The normalized spacial score (nSPS) is 29.1. The number of aryl methyl sites for hydroxylation is 2. The smallest absolute Gasteiger partial charge is 0.222 e. The highest BCUT2D eigenvalue weighted by Gasteiger charge is 2.43. The van der Waals surface area contributed by atoms with Gasteiger partial charge in [0.25, 0.3) is 0 Å². The average Bonchev–Trinajstić information content (AvgIpc) is 3.02. The molecule has 1 heterocycles. The number of likely N-dealkylation sites (tertiary alicyclic amines) is 1.